The molecule has 0 aromatic carbocycles. The van der Waals surface area contributed by atoms with Crippen molar-refractivity contribution in [2.45, 2.75) is 39.5 Å². The lowest BCUT2D eigenvalue weighted by Gasteiger charge is -2.15. The molecule has 1 saturated heterocycles. The molecule has 1 N–H and O–H groups in total. The van der Waals surface area contributed by atoms with Gasteiger partial charge < -0.3 is 9.63 Å². The molecule has 3 rings (SSSR count). The van der Waals surface area contributed by atoms with Crippen LogP contribution in [0.5, 0.6) is 0 Å². The molecule has 1 aliphatic heterocycles. The molecular weight excluding hydrogens is 292 g/mol. The predicted molar refractivity (Wildman–Crippen MR) is 86.9 cm³/mol. The maximum Gasteiger partial charge on any atom is 0.137 e. The lowest BCUT2D eigenvalue weighted by molar-refractivity contribution is 0.137. The van der Waals surface area contributed by atoms with E-state index in [1.165, 1.54) is 5.56 Å². The highest BCUT2D eigenvalue weighted by Gasteiger charge is 2.32. The van der Waals surface area contributed by atoms with E-state index in [2.05, 4.69) is 28.7 Å². The number of aliphatic hydroxyl groups excluding tert-OH is 1. The maximum atomic E-state index is 10.3. The van der Waals surface area contributed by atoms with Crippen LogP contribution in [-0.2, 0) is 19.5 Å². The third kappa shape index (κ3) is 3.54. The Balaban J connectivity index is 1.61. The maximum absolute atomic E-state index is 10.3. The summed E-state index contributed by atoms with van der Waals surface area (Å²) in [5.41, 5.74) is 3.25. The molecule has 0 radical (unpaired) electrons. The van der Waals surface area contributed by atoms with Gasteiger partial charge in [0.15, 0.2) is 0 Å². The zero-order chi connectivity index (χ0) is 16.4. The van der Waals surface area contributed by atoms with Crippen LogP contribution in [0.1, 0.15) is 22.7 Å². The molecule has 1 aliphatic rings. The summed E-state index contributed by atoms with van der Waals surface area (Å²) in [7, 11) is 0. The number of aryl methyl sites for hydroxylation is 1. The topological polar surface area (TPSA) is 67.3 Å². The summed E-state index contributed by atoms with van der Waals surface area (Å²) in [6.45, 7) is 10.8. The van der Waals surface area contributed by atoms with Gasteiger partial charge in [-0.15, -0.1) is 6.58 Å². The first-order valence-corrected chi connectivity index (χ1v) is 8.01. The molecule has 0 spiro atoms. The smallest absolute Gasteiger partial charge is 0.137 e. The summed E-state index contributed by atoms with van der Waals surface area (Å²) in [5, 5.41) is 18.6. The van der Waals surface area contributed by atoms with Crippen LogP contribution in [0.3, 0.4) is 0 Å². The third-order valence-corrected chi connectivity index (χ3v) is 4.52. The van der Waals surface area contributed by atoms with Crippen LogP contribution in [-0.4, -0.2) is 44.1 Å². The number of hydrogen-bond acceptors (Lipinski definition) is 5. The van der Waals surface area contributed by atoms with E-state index in [0.717, 1.165) is 43.2 Å². The Kier molecular flexibility index (Phi) is 4.63. The molecule has 0 aliphatic carbocycles. The number of rotatable bonds is 6. The zero-order valence-electron chi connectivity index (χ0n) is 13.8. The lowest BCUT2D eigenvalue weighted by Crippen LogP contribution is -2.21. The van der Waals surface area contributed by atoms with Crippen molar-refractivity contribution in [2.24, 2.45) is 5.92 Å². The molecule has 0 bridgehead atoms. The molecule has 0 amide bonds. The van der Waals surface area contributed by atoms with Crippen LogP contribution in [0, 0.1) is 19.8 Å². The highest BCUT2D eigenvalue weighted by Crippen LogP contribution is 2.24. The lowest BCUT2D eigenvalue weighted by atomic mass is 10.0. The van der Waals surface area contributed by atoms with E-state index in [9.17, 15) is 5.11 Å². The van der Waals surface area contributed by atoms with Crippen molar-refractivity contribution in [3.05, 3.63) is 47.6 Å². The van der Waals surface area contributed by atoms with Gasteiger partial charge >= 0.3 is 0 Å². The summed E-state index contributed by atoms with van der Waals surface area (Å²) in [6.07, 6.45) is 4.16. The van der Waals surface area contributed by atoms with Gasteiger partial charge in [-0.25, -0.2) is 0 Å². The number of likely N-dealkylation sites (tertiary alicyclic amines) is 1. The first-order valence-electron chi connectivity index (χ1n) is 8.01. The first-order chi connectivity index (χ1) is 11.1. The number of nitrogens with zero attached hydrogens (tertiary/aromatic N) is 4. The van der Waals surface area contributed by atoms with E-state index < -0.39 is 0 Å². The summed E-state index contributed by atoms with van der Waals surface area (Å²) in [4.78, 5) is 2.28. The molecule has 2 aromatic rings. The predicted octanol–water partition coefficient (Wildman–Crippen LogP) is 1.71. The summed E-state index contributed by atoms with van der Waals surface area (Å²) in [5.74, 6) is 1.04. The fourth-order valence-electron chi connectivity index (χ4n) is 3.23. The van der Waals surface area contributed by atoms with Crippen molar-refractivity contribution in [2.75, 3.05) is 13.1 Å². The van der Waals surface area contributed by atoms with Crippen molar-refractivity contribution in [3.63, 3.8) is 0 Å². The number of aliphatic hydroxyl groups is 1. The number of aromatic nitrogens is 3. The van der Waals surface area contributed by atoms with Gasteiger partial charge in [0.25, 0.3) is 0 Å². The van der Waals surface area contributed by atoms with E-state index in [0.29, 0.717) is 6.54 Å². The van der Waals surface area contributed by atoms with Crippen LogP contribution in [0.25, 0.3) is 0 Å². The highest BCUT2D eigenvalue weighted by atomic mass is 16.5. The van der Waals surface area contributed by atoms with Crippen molar-refractivity contribution < 1.29 is 9.63 Å². The normalized spacial score (nSPS) is 21.9. The molecular formula is C17H24N4O2. The average Bonchev–Trinajstić information content (AvgIpc) is 3.16. The highest BCUT2D eigenvalue weighted by molar-refractivity contribution is 5.17. The van der Waals surface area contributed by atoms with Crippen molar-refractivity contribution in [1.82, 2.24) is 19.8 Å². The second-order valence-corrected chi connectivity index (χ2v) is 6.39. The minimum Gasteiger partial charge on any atom is -0.391 e. The van der Waals surface area contributed by atoms with Gasteiger partial charge in [-0.1, -0.05) is 11.2 Å². The van der Waals surface area contributed by atoms with E-state index in [1.807, 2.05) is 29.9 Å². The fraction of sp³-hybridized carbons (Fsp3) is 0.529. The van der Waals surface area contributed by atoms with E-state index in [1.54, 1.807) is 0 Å². The molecule has 23 heavy (non-hydrogen) atoms. The van der Waals surface area contributed by atoms with E-state index in [-0.39, 0.29) is 12.0 Å². The third-order valence-electron chi connectivity index (χ3n) is 4.52. The van der Waals surface area contributed by atoms with Gasteiger partial charge in [-0.05, 0) is 13.8 Å². The Morgan fingerprint density at radius 1 is 1.43 bits per heavy atom. The molecule has 6 nitrogen and oxygen atoms in total. The van der Waals surface area contributed by atoms with Crippen molar-refractivity contribution in [1.29, 1.82) is 0 Å². The average molecular weight is 316 g/mol. The first kappa shape index (κ1) is 16.0. The standard InChI is InChI=1S/C17H24N4O2/c1-4-5-21-13(3)15(8-18-21)10-20-9-14(17(22)11-20)7-16-6-12(2)19-23-16/h4,6,8,14,17,22H,1,5,7,9-11H2,2-3H3/t14-,17-/m1/s1. The molecule has 124 valence electrons. The van der Waals surface area contributed by atoms with Crippen LogP contribution in [0.4, 0.5) is 0 Å². The Morgan fingerprint density at radius 2 is 2.26 bits per heavy atom. The molecule has 0 unspecified atom stereocenters. The Hall–Kier alpha value is -1.92. The minimum atomic E-state index is -0.330. The van der Waals surface area contributed by atoms with Crippen LogP contribution >= 0.6 is 0 Å². The number of hydrogen-bond donors (Lipinski definition) is 1. The molecule has 2 atom stereocenters. The fourth-order valence-corrected chi connectivity index (χ4v) is 3.23. The molecule has 6 heteroatoms. The molecule has 0 saturated carbocycles. The molecule has 3 heterocycles. The van der Waals surface area contributed by atoms with E-state index >= 15 is 0 Å². The number of β-amino-alcohol motifs (C(OH)–C–C–N with tert-alkyl or cyclic N) is 1. The van der Waals surface area contributed by atoms with Gasteiger partial charge in [0, 0.05) is 49.3 Å². The Labute approximate surface area is 136 Å². The van der Waals surface area contributed by atoms with Gasteiger partial charge in [0.1, 0.15) is 5.76 Å². The van der Waals surface area contributed by atoms with Crippen LogP contribution in [0.15, 0.2) is 29.4 Å². The Bertz CT molecular complexity index is 676. The monoisotopic (exact) mass is 316 g/mol. The number of allylic oxidation sites excluding steroid dienone is 1. The van der Waals surface area contributed by atoms with Crippen molar-refractivity contribution in [3.8, 4) is 0 Å². The SMILES string of the molecule is C=CCn1ncc(CN2C[C@@H](Cc3cc(C)no3)[C@H](O)C2)c1C. The van der Waals surface area contributed by atoms with Gasteiger partial charge in [0.05, 0.1) is 24.5 Å². The largest absolute Gasteiger partial charge is 0.391 e. The second-order valence-electron chi connectivity index (χ2n) is 6.39. The Morgan fingerprint density at radius 3 is 2.96 bits per heavy atom. The van der Waals surface area contributed by atoms with Gasteiger partial charge in [0.2, 0.25) is 0 Å². The van der Waals surface area contributed by atoms with Crippen LogP contribution < -0.4 is 0 Å². The molecule has 1 fully saturated rings. The van der Waals surface area contributed by atoms with E-state index in [4.69, 9.17) is 4.52 Å². The minimum absolute atomic E-state index is 0.186. The van der Waals surface area contributed by atoms with Crippen LogP contribution in [0.2, 0.25) is 0 Å². The zero-order valence-corrected chi connectivity index (χ0v) is 13.8. The van der Waals surface area contributed by atoms with Gasteiger partial charge in [-0.3, -0.25) is 9.58 Å². The molecule has 2 aromatic heterocycles. The summed E-state index contributed by atoms with van der Waals surface area (Å²) >= 11 is 0. The summed E-state index contributed by atoms with van der Waals surface area (Å²) in [6, 6.07) is 1.94. The second kappa shape index (κ2) is 6.68. The van der Waals surface area contributed by atoms with Crippen molar-refractivity contribution >= 4 is 0 Å². The quantitative estimate of drug-likeness (QED) is 0.822. The van der Waals surface area contributed by atoms with Gasteiger partial charge in [-0.2, -0.15) is 5.10 Å². The summed E-state index contributed by atoms with van der Waals surface area (Å²) < 4.78 is 7.22.